The van der Waals surface area contributed by atoms with E-state index in [-0.39, 0.29) is 11.9 Å². The molecule has 1 aromatic heterocycles. The molecule has 1 aliphatic rings. The molecule has 0 bridgehead atoms. The summed E-state index contributed by atoms with van der Waals surface area (Å²) < 4.78 is 5.81. The molecule has 24 heavy (non-hydrogen) atoms. The van der Waals surface area contributed by atoms with Crippen LogP contribution in [-0.4, -0.2) is 30.4 Å². The average molecular weight is 327 g/mol. The lowest BCUT2D eigenvalue weighted by Gasteiger charge is -2.26. The molecule has 0 aliphatic carbocycles. The number of nitrogen functional groups attached to an aromatic ring is 1. The zero-order valence-corrected chi connectivity index (χ0v) is 14.1. The van der Waals surface area contributed by atoms with Gasteiger partial charge in [0.15, 0.2) is 0 Å². The maximum Gasteiger partial charge on any atom is 0.224 e. The molecule has 1 atom stereocenters. The molecule has 0 spiro atoms. The van der Waals surface area contributed by atoms with Crippen molar-refractivity contribution in [1.82, 2.24) is 10.2 Å². The summed E-state index contributed by atoms with van der Waals surface area (Å²) in [5.41, 5.74) is 7.35. The minimum absolute atomic E-state index is 0.0206. The average Bonchev–Trinajstić information content (AvgIpc) is 3.22. The Bertz CT molecular complexity index is 672. The Morgan fingerprint density at radius 2 is 1.92 bits per heavy atom. The molecule has 5 heteroatoms. The zero-order valence-electron chi connectivity index (χ0n) is 14.1. The highest BCUT2D eigenvalue weighted by Crippen LogP contribution is 2.26. The first kappa shape index (κ1) is 16.6. The Labute approximate surface area is 142 Å². The number of rotatable bonds is 6. The van der Waals surface area contributed by atoms with E-state index in [9.17, 15) is 4.79 Å². The lowest BCUT2D eigenvalue weighted by Crippen LogP contribution is -2.37. The van der Waals surface area contributed by atoms with Crippen LogP contribution in [0.4, 0.5) is 5.69 Å². The number of furan rings is 1. The lowest BCUT2D eigenvalue weighted by atomic mass is 10.1. The predicted octanol–water partition coefficient (Wildman–Crippen LogP) is 2.67. The Morgan fingerprint density at radius 3 is 2.54 bits per heavy atom. The number of hydrogen-bond acceptors (Lipinski definition) is 4. The first-order valence-corrected chi connectivity index (χ1v) is 8.53. The summed E-state index contributed by atoms with van der Waals surface area (Å²) in [7, 11) is 0. The van der Waals surface area contributed by atoms with Crippen molar-refractivity contribution < 1.29 is 9.21 Å². The third-order valence-corrected chi connectivity index (χ3v) is 4.51. The quantitative estimate of drug-likeness (QED) is 0.800. The SMILES string of the molecule is Cc1ccc(C(CNC(=O)Cc2ccc(N)cc2)N2CCCC2)o1. The molecular formula is C19H25N3O2. The number of aryl methyl sites for hydroxylation is 1. The molecular weight excluding hydrogens is 302 g/mol. The molecule has 2 heterocycles. The van der Waals surface area contributed by atoms with Gasteiger partial charge >= 0.3 is 0 Å². The number of amides is 1. The van der Waals surface area contributed by atoms with Crippen LogP contribution < -0.4 is 11.1 Å². The second-order valence-corrected chi connectivity index (χ2v) is 6.43. The zero-order chi connectivity index (χ0) is 16.9. The number of nitrogens with zero attached hydrogens (tertiary/aromatic N) is 1. The molecule has 5 nitrogen and oxygen atoms in total. The summed E-state index contributed by atoms with van der Waals surface area (Å²) in [6.07, 6.45) is 2.77. The van der Waals surface area contributed by atoms with Gasteiger partial charge in [-0.05, 0) is 62.7 Å². The maximum atomic E-state index is 12.3. The largest absolute Gasteiger partial charge is 0.465 e. The Morgan fingerprint density at radius 1 is 1.21 bits per heavy atom. The van der Waals surface area contributed by atoms with Gasteiger partial charge in [-0.3, -0.25) is 9.69 Å². The summed E-state index contributed by atoms with van der Waals surface area (Å²) in [5, 5.41) is 3.06. The van der Waals surface area contributed by atoms with Crippen molar-refractivity contribution in [3.8, 4) is 0 Å². The molecule has 1 aliphatic heterocycles. The van der Waals surface area contributed by atoms with Crippen LogP contribution in [-0.2, 0) is 11.2 Å². The van der Waals surface area contributed by atoms with E-state index in [1.165, 1.54) is 12.8 Å². The molecule has 3 N–H and O–H groups in total. The van der Waals surface area contributed by atoms with Crippen LogP contribution in [0.3, 0.4) is 0 Å². The summed E-state index contributed by atoms with van der Waals surface area (Å²) in [4.78, 5) is 14.7. The van der Waals surface area contributed by atoms with Crippen LogP contribution in [0.15, 0.2) is 40.8 Å². The van der Waals surface area contributed by atoms with E-state index < -0.39 is 0 Å². The van der Waals surface area contributed by atoms with Crippen molar-refractivity contribution in [2.45, 2.75) is 32.2 Å². The second kappa shape index (κ2) is 7.53. The highest BCUT2D eigenvalue weighted by Gasteiger charge is 2.26. The predicted molar refractivity (Wildman–Crippen MR) is 94.6 cm³/mol. The van der Waals surface area contributed by atoms with Gasteiger partial charge in [0.25, 0.3) is 0 Å². The van der Waals surface area contributed by atoms with E-state index in [0.29, 0.717) is 18.7 Å². The number of hydrogen-bond donors (Lipinski definition) is 2. The second-order valence-electron chi connectivity index (χ2n) is 6.43. The number of carbonyl (C=O) groups is 1. The van der Waals surface area contributed by atoms with Crippen molar-refractivity contribution in [2.75, 3.05) is 25.4 Å². The topological polar surface area (TPSA) is 71.5 Å². The minimum Gasteiger partial charge on any atom is -0.465 e. The van der Waals surface area contributed by atoms with E-state index in [2.05, 4.69) is 10.2 Å². The van der Waals surface area contributed by atoms with Gasteiger partial charge in [-0.25, -0.2) is 0 Å². The molecule has 0 radical (unpaired) electrons. The summed E-state index contributed by atoms with van der Waals surface area (Å²) in [5.74, 6) is 1.86. The molecule has 1 amide bonds. The van der Waals surface area contributed by atoms with Gasteiger partial charge in [0.2, 0.25) is 5.91 Å². The molecule has 1 fully saturated rings. The van der Waals surface area contributed by atoms with Crippen LogP contribution in [0.25, 0.3) is 0 Å². The number of carbonyl (C=O) groups excluding carboxylic acids is 1. The monoisotopic (exact) mass is 327 g/mol. The Kier molecular flexibility index (Phi) is 5.20. The van der Waals surface area contributed by atoms with E-state index in [0.717, 1.165) is 30.2 Å². The van der Waals surface area contributed by atoms with Crippen LogP contribution in [0.2, 0.25) is 0 Å². The van der Waals surface area contributed by atoms with Crippen molar-refractivity contribution >= 4 is 11.6 Å². The normalized spacial score (nSPS) is 16.2. The summed E-state index contributed by atoms with van der Waals surface area (Å²) in [6, 6.07) is 11.5. The van der Waals surface area contributed by atoms with Gasteiger partial charge in [-0.1, -0.05) is 12.1 Å². The summed E-state index contributed by atoms with van der Waals surface area (Å²) >= 11 is 0. The molecule has 3 rings (SSSR count). The fourth-order valence-electron chi connectivity index (χ4n) is 3.19. The van der Waals surface area contributed by atoms with Gasteiger partial charge in [-0.2, -0.15) is 0 Å². The first-order valence-electron chi connectivity index (χ1n) is 8.53. The third kappa shape index (κ3) is 4.17. The minimum atomic E-state index is 0.0206. The number of nitrogens with one attached hydrogen (secondary N) is 1. The van der Waals surface area contributed by atoms with Crippen LogP contribution in [0.1, 0.15) is 36.0 Å². The van der Waals surface area contributed by atoms with Crippen molar-refractivity contribution in [3.63, 3.8) is 0 Å². The van der Waals surface area contributed by atoms with Crippen LogP contribution >= 0.6 is 0 Å². The number of benzene rings is 1. The third-order valence-electron chi connectivity index (χ3n) is 4.51. The smallest absolute Gasteiger partial charge is 0.224 e. The molecule has 1 saturated heterocycles. The highest BCUT2D eigenvalue weighted by molar-refractivity contribution is 5.78. The number of nitrogens with two attached hydrogens (primary N) is 1. The van der Waals surface area contributed by atoms with Gasteiger partial charge in [0, 0.05) is 12.2 Å². The molecule has 1 unspecified atom stereocenters. The fraction of sp³-hybridized carbons (Fsp3) is 0.421. The maximum absolute atomic E-state index is 12.3. The first-order chi connectivity index (χ1) is 11.6. The van der Waals surface area contributed by atoms with Crippen molar-refractivity contribution in [2.24, 2.45) is 0 Å². The van der Waals surface area contributed by atoms with Gasteiger partial charge in [0.1, 0.15) is 11.5 Å². The number of likely N-dealkylation sites (tertiary alicyclic amines) is 1. The van der Waals surface area contributed by atoms with E-state index in [4.69, 9.17) is 10.2 Å². The number of anilines is 1. The van der Waals surface area contributed by atoms with E-state index in [1.54, 1.807) is 0 Å². The van der Waals surface area contributed by atoms with Crippen molar-refractivity contribution in [1.29, 1.82) is 0 Å². The van der Waals surface area contributed by atoms with Gasteiger partial charge < -0.3 is 15.5 Å². The van der Waals surface area contributed by atoms with Crippen LogP contribution in [0, 0.1) is 6.92 Å². The van der Waals surface area contributed by atoms with E-state index in [1.807, 2.05) is 43.3 Å². The molecule has 128 valence electrons. The van der Waals surface area contributed by atoms with Crippen LogP contribution in [0.5, 0.6) is 0 Å². The lowest BCUT2D eigenvalue weighted by molar-refractivity contribution is -0.120. The van der Waals surface area contributed by atoms with Crippen molar-refractivity contribution in [3.05, 3.63) is 53.5 Å². The fourth-order valence-corrected chi connectivity index (χ4v) is 3.19. The molecule has 1 aromatic carbocycles. The van der Waals surface area contributed by atoms with Gasteiger partial charge in [-0.15, -0.1) is 0 Å². The Balaban J connectivity index is 1.60. The molecule has 2 aromatic rings. The molecule has 0 saturated carbocycles. The van der Waals surface area contributed by atoms with Gasteiger partial charge in [0.05, 0.1) is 12.5 Å². The summed E-state index contributed by atoms with van der Waals surface area (Å²) in [6.45, 7) is 4.63. The van der Waals surface area contributed by atoms with E-state index >= 15 is 0 Å². The Hall–Kier alpha value is -2.27. The standard InChI is InChI=1S/C19H25N3O2/c1-14-4-9-18(24-14)17(22-10-2-3-11-22)13-21-19(23)12-15-5-7-16(20)8-6-15/h4-9,17H,2-3,10-13,20H2,1H3,(H,21,23). The highest BCUT2D eigenvalue weighted by atomic mass is 16.3.